The molecule has 10 heteroatoms. The normalized spacial score (nSPS) is 18.2. The van der Waals surface area contributed by atoms with Gasteiger partial charge in [-0.3, -0.25) is 0 Å². The Morgan fingerprint density at radius 3 is 2.55 bits per heavy atom. The van der Waals surface area contributed by atoms with E-state index in [0.29, 0.717) is 6.73 Å². The number of fused-ring (bicyclic) bond motifs is 1. The first-order chi connectivity index (χ1) is 19.0. The molecule has 5 rings (SSSR count). The number of pyridine rings is 1. The van der Waals surface area contributed by atoms with Gasteiger partial charge in [0.05, 0.1) is 17.1 Å². The number of carbonyl (C=O) groups excluding carboxylic acids is 1. The molecular formula is C30H44N6O3Si. The van der Waals surface area contributed by atoms with Gasteiger partial charge in [-0.15, -0.1) is 0 Å². The van der Waals surface area contributed by atoms with Crippen molar-refractivity contribution in [1.82, 2.24) is 24.4 Å². The first kappa shape index (κ1) is 28.5. The number of carbonyl (C=O) groups is 1. The lowest BCUT2D eigenvalue weighted by Gasteiger charge is -2.41. The van der Waals surface area contributed by atoms with Crippen LogP contribution >= 0.6 is 0 Å². The molecule has 1 aliphatic carbocycles. The van der Waals surface area contributed by atoms with Crippen LogP contribution in [0.2, 0.25) is 25.7 Å². The number of amides is 1. The number of anilines is 1. The molecule has 1 amide bonds. The Balaban J connectivity index is 1.46. The molecule has 0 aromatic carbocycles. The summed E-state index contributed by atoms with van der Waals surface area (Å²) < 4.78 is 14.1. The van der Waals surface area contributed by atoms with Crippen molar-refractivity contribution in [2.24, 2.45) is 0 Å². The first-order valence-electron chi connectivity index (χ1n) is 14.6. The summed E-state index contributed by atoms with van der Waals surface area (Å²) in [7, 11) is -1.18. The molecule has 3 aromatic heterocycles. The fraction of sp³-hybridized carbons (Fsp3) is 0.600. The zero-order chi connectivity index (χ0) is 28.5. The van der Waals surface area contributed by atoms with E-state index in [1.165, 1.54) is 0 Å². The number of hydrogen-bond acceptors (Lipinski definition) is 7. The van der Waals surface area contributed by atoms with Gasteiger partial charge in [0.2, 0.25) is 0 Å². The zero-order valence-electron chi connectivity index (χ0n) is 24.9. The summed E-state index contributed by atoms with van der Waals surface area (Å²) in [5, 5.41) is 1.07. The highest BCUT2D eigenvalue weighted by Crippen LogP contribution is 2.39. The van der Waals surface area contributed by atoms with Crippen molar-refractivity contribution < 1.29 is 14.3 Å². The van der Waals surface area contributed by atoms with Gasteiger partial charge in [-0.2, -0.15) is 0 Å². The third-order valence-electron chi connectivity index (χ3n) is 7.51. The van der Waals surface area contributed by atoms with Crippen LogP contribution in [0.5, 0.6) is 0 Å². The number of aromatic nitrogens is 4. The molecule has 9 nitrogen and oxygen atoms in total. The quantitative estimate of drug-likeness (QED) is 0.227. The van der Waals surface area contributed by atoms with Gasteiger partial charge in [-0.1, -0.05) is 19.6 Å². The van der Waals surface area contributed by atoms with Crippen molar-refractivity contribution in [2.75, 3.05) is 24.6 Å². The topological polar surface area (TPSA) is 85.6 Å². The van der Waals surface area contributed by atoms with E-state index in [2.05, 4.69) is 51.3 Å². The van der Waals surface area contributed by atoms with Crippen LogP contribution in [-0.2, 0) is 16.2 Å². The molecule has 0 unspecified atom stereocenters. The van der Waals surface area contributed by atoms with E-state index >= 15 is 0 Å². The summed E-state index contributed by atoms with van der Waals surface area (Å²) in [4.78, 5) is 31.1. The Morgan fingerprint density at radius 2 is 1.88 bits per heavy atom. The third-order valence-corrected chi connectivity index (χ3v) is 9.21. The van der Waals surface area contributed by atoms with E-state index in [0.717, 1.165) is 79.3 Å². The van der Waals surface area contributed by atoms with E-state index in [4.69, 9.17) is 14.5 Å². The second kappa shape index (κ2) is 11.5. The van der Waals surface area contributed by atoms with Crippen LogP contribution in [0.3, 0.4) is 0 Å². The molecule has 0 radical (unpaired) electrons. The molecule has 0 spiro atoms. The average Bonchev–Trinajstić information content (AvgIpc) is 3.65. The summed E-state index contributed by atoms with van der Waals surface area (Å²) in [6, 6.07) is 3.61. The highest BCUT2D eigenvalue weighted by Gasteiger charge is 2.41. The largest absolute Gasteiger partial charge is 0.444 e. The molecule has 1 saturated heterocycles. The molecule has 216 valence electrons. The second-order valence-corrected chi connectivity index (χ2v) is 19.0. The zero-order valence-corrected chi connectivity index (χ0v) is 25.9. The van der Waals surface area contributed by atoms with Gasteiger partial charge in [0.15, 0.2) is 0 Å². The predicted octanol–water partition coefficient (Wildman–Crippen LogP) is 6.17. The van der Waals surface area contributed by atoms with Gasteiger partial charge >= 0.3 is 6.09 Å². The van der Waals surface area contributed by atoms with Crippen molar-refractivity contribution in [3.63, 3.8) is 0 Å². The van der Waals surface area contributed by atoms with Crippen molar-refractivity contribution in [3.8, 4) is 11.1 Å². The highest BCUT2D eigenvalue weighted by atomic mass is 28.3. The molecule has 3 aromatic rings. The minimum Gasteiger partial charge on any atom is -0.444 e. The van der Waals surface area contributed by atoms with Gasteiger partial charge in [0, 0.05) is 69.7 Å². The van der Waals surface area contributed by atoms with Crippen LogP contribution < -0.4 is 4.90 Å². The maximum absolute atomic E-state index is 13.3. The number of rotatable bonds is 9. The fourth-order valence-electron chi connectivity index (χ4n) is 5.42. The smallest absolute Gasteiger partial charge is 0.410 e. The van der Waals surface area contributed by atoms with Crippen molar-refractivity contribution >= 4 is 30.9 Å². The molecule has 0 N–H and O–H groups in total. The average molecular weight is 565 g/mol. The lowest BCUT2D eigenvalue weighted by molar-refractivity contribution is 0.0125. The Labute approximate surface area is 238 Å². The van der Waals surface area contributed by atoms with Gasteiger partial charge in [-0.05, 0) is 58.6 Å². The molecule has 1 saturated carbocycles. The molecular weight excluding hydrogens is 520 g/mol. The molecule has 2 aliphatic rings. The van der Waals surface area contributed by atoms with Gasteiger partial charge in [0.1, 0.15) is 24.3 Å². The summed E-state index contributed by atoms with van der Waals surface area (Å²) in [5.74, 6) is 0. The van der Waals surface area contributed by atoms with Crippen molar-refractivity contribution in [3.05, 3.63) is 37.2 Å². The Hall–Kier alpha value is -2.98. The van der Waals surface area contributed by atoms with Crippen LogP contribution in [0.25, 0.3) is 22.2 Å². The summed E-state index contributed by atoms with van der Waals surface area (Å²) in [6.07, 6.45) is 13.2. The van der Waals surface area contributed by atoms with Crippen LogP contribution in [0.1, 0.15) is 46.5 Å². The summed E-state index contributed by atoms with van der Waals surface area (Å²) >= 11 is 0. The number of hydrogen-bond donors (Lipinski definition) is 0. The van der Waals surface area contributed by atoms with E-state index in [-0.39, 0.29) is 18.2 Å². The third kappa shape index (κ3) is 6.83. The second-order valence-electron chi connectivity index (χ2n) is 13.4. The number of piperidine rings is 1. The monoisotopic (exact) mass is 564 g/mol. The minimum absolute atomic E-state index is 0.106. The lowest BCUT2D eigenvalue weighted by atomic mass is 10.0. The maximum atomic E-state index is 13.3. The van der Waals surface area contributed by atoms with E-state index in [9.17, 15) is 4.79 Å². The van der Waals surface area contributed by atoms with Crippen LogP contribution in [0.4, 0.5) is 10.5 Å². The number of ether oxygens (including phenoxy) is 2. The minimum atomic E-state index is -1.18. The van der Waals surface area contributed by atoms with E-state index < -0.39 is 13.7 Å². The van der Waals surface area contributed by atoms with Crippen LogP contribution in [0.15, 0.2) is 37.2 Å². The standard InChI is InChI=1S/C30H44N6O3Si/c1-30(2,3)39-29(37)36(23-9-10-23)24-8-7-13-34(18-24)26-11-12-33-28-27(26)25(22-16-31-20-32-17-22)19-35(28)21-38-14-15-40(4,5)6/h11-12,16-17,19-20,23-24H,7-10,13-15,18,21H2,1-6H3/t24-/m0/s1. The van der Waals surface area contributed by atoms with Crippen molar-refractivity contribution in [1.29, 1.82) is 0 Å². The Morgan fingerprint density at radius 1 is 1.12 bits per heavy atom. The SMILES string of the molecule is CC(C)(C)OC(=O)N(C1CC1)[C@H]1CCCN(c2ccnc3c2c(-c2cncnc2)cn3COCC[Si](C)(C)C)C1. The van der Waals surface area contributed by atoms with Crippen molar-refractivity contribution in [2.45, 2.75) is 96.6 Å². The Bertz CT molecular complexity index is 1310. The van der Waals surface area contributed by atoms with Crippen LogP contribution in [0, 0.1) is 0 Å². The molecule has 1 atom stereocenters. The lowest BCUT2D eigenvalue weighted by Crippen LogP contribution is -2.52. The predicted molar refractivity (Wildman–Crippen MR) is 161 cm³/mol. The molecule has 4 heterocycles. The summed E-state index contributed by atoms with van der Waals surface area (Å²) in [6.45, 7) is 15.8. The maximum Gasteiger partial charge on any atom is 0.410 e. The van der Waals surface area contributed by atoms with E-state index in [1.807, 2.05) is 44.3 Å². The van der Waals surface area contributed by atoms with E-state index in [1.54, 1.807) is 6.33 Å². The van der Waals surface area contributed by atoms with Gasteiger partial charge in [-0.25, -0.2) is 19.7 Å². The molecule has 1 aliphatic heterocycles. The molecule has 2 fully saturated rings. The van der Waals surface area contributed by atoms with Crippen LogP contribution in [-0.4, -0.2) is 76.0 Å². The Kier molecular flexibility index (Phi) is 8.19. The summed E-state index contributed by atoms with van der Waals surface area (Å²) in [5.41, 5.74) is 3.49. The number of nitrogens with zero attached hydrogens (tertiary/aromatic N) is 6. The first-order valence-corrected chi connectivity index (χ1v) is 18.3. The fourth-order valence-corrected chi connectivity index (χ4v) is 6.18. The highest BCUT2D eigenvalue weighted by molar-refractivity contribution is 6.76. The molecule has 0 bridgehead atoms. The van der Waals surface area contributed by atoms with Gasteiger partial charge in [0.25, 0.3) is 0 Å². The van der Waals surface area contributed by atoms with Gasteiger partial charge < -0.3 is 23.8 Å². The molecule has 40 heavy (non-hydrogen) atoms.